The highest BCUT2D eigenvalue weighted by molar-refractivity contribution is 5.75. The molecule has 0 amide bonds. The molecule has 0 radical (unpaired) electrons. The fraction of sp³-hybridized carbons (Fsp3) is 0.208. The standard InChI is InChI=1S/C24H25NO2/c1-20(24(26)27-19-23-15-9-4-10-16-23)25(17-21-11-5-2-6-12-21)18-22-13-7-3-8-14-22/h2-16,20H,17-19H2,1H3/t20-/m0/s1. The summed E-state index contributed by atoms with van der Waals surface area (Å²) >= 11 is 0. The fourth-order valence-corrected chi connectivity index (χ4v) is 2.96. The third kappa shape index (κ3) is 5.80. The van der Waals surface area contributed by atoms with Crippen molar-refractivity contribution in [2.75, 3.05) is 0 Å². The first-order valence-electron chi connectivity index (χ1n) is 9.25. The van der Waals surface area contributed by atoms with Gasteiger partial charge in [-0.05, 0) is 23.6 Å². The third-order valence-corrected chi connectivity index (χ3v) is 4.57. The van der Waals surface area contributed by atoms with E-state index in [4.69, 9.17) is 4.74 Å². The third-order valence-electron chi connectivity index (χ3n) is 4.57. The molecule has 3 rings (SSSR count). The van der Waals surface area contributed by atoms with Crippen LogP contribution in [0.15, 0.2) is 91.0 Å². The van der Waals surface area contributed by atoms with E-state index in [2.05, 4.69) is 29.2 Å². The van der Waals surface area contributed by atoms with Gasteiger partial charge in [-0.25, -0.2) is 0 Å². The normalized spacial score (nSPS) is 11.9. The number of hydrogen-bond donors (Lipinski definition) is 0. The molecule has 3 nitrogen and oxygen atoms in total. The van der Waals surface area contributed by atoms with Gasteiger partial charge >= 0.3 is 5.97 Å². The van der Waals surface area contributed by atoms with Gasteiger partial charge in [-0.1, -0.05) is 91.0 Å². The Labute approximate surface area is 161 Å². The van der Waals surface area contributed by atoms with Gasteiger partial charge in [0.1, 0.15) is 12.6 Å². The molecule has 0 spiro atoms. The number of nitrogens with zero attached hydrogens (tertiary/aromatic N) is 1. The molecular weight excluding hydrogens is 334 g/mol. The van der Waals surface area contributed by atoms with Gasteiger partial charge in [-0.2, -0.15) is 0 Å². The van der Waals surface area contributed by atoms with Crippen molar-refractivity contribution in [2.45, 2.75) is 32.7 Å². The molecule has 0 aliphatic carbocycles. The lowest BCUT2D eigenvalue weighted by Crippen LogP contribution is -2.39. The fourth-order valence-electron chi connectivity index (χ4n) is 2.96. The van der Waals surface area contributed by atoms with Gasteiger partial charge in [-0.15, -0.1) is 0 Å². The molecule has 27 heavy (non-hydrogen) atoms. The van der Waals surface area contributed by atoms with E-state index in [0.717, 1.165) is 5.56 Å². The predicted octanol–water partition coefficient (Wildman–Crippen LogP) is 4.82. The summed E-state index contributed by atoms with van der Waals surface area (Å²) in [4.78, 5) is 14.8. The van der Waals surface area contributed by atoms with Crippen molar-refractivity contribution in [3.8, 4) is 0 Å². The van der Waals surface area contributed by atoms with E-state index in [0.29, 0.717) is 19.7 Å². The minimum atomic E-state index is -0.339. The van der Waals surface area contributed by atoms with E-state index in [1.807, 2.05) is 73.7 Å². The Morgan fingerprint density at radius 1 is 0.741 bits per heavy atom. The van der Waals surface area contributed by atoms with Gasteiger partial charge in [0.25, 0.3) is 0 Å². The van der Waals surface area contributed by atoms with E-state index in [1.54, 1.807) is 0 Å². The van der Waals surface area contributed by atoms with Crippen LogP contribution in [-0.4, -0.2) is 16.9 Å². The molecule has 0 bridgehead atoms. The average molecular weight is 359 g/mol. The maximum atomic E-state index is 12.7. The highest BCUT2D eigenvalue weighted by atomic mass is 16.5. The number of esters is 1. The molecule has 0 unspecified atom stereocenters. The number of ether oxygens (including phenoxy) is 1. The Kier molecular flexibility index (Phi) is 6.78. The van der Waals surface area contributed by atoms with Crippen LogP contribution in [-0.2, 0) is 29.2 Å². The molecule has 138 valence electrons. The van der Waals surface area contributed by atoms with Crippen molar-refractivity contribution in [2.24, 2.45) is 0 Å². The first-order valence-corrected chi connectivity index (χ1v) is 9.25. The topological polar surface area (TPSA) is 29.5 Å². The molecule has 0 aromatic heterocycles. The minimum Gasteiger partial charge on any atom is -0.460 e. The first kappa shape index (κ1) is 18.9. The lowest BCUT2D eigenvalue weighted by atomic mass is 10.1. The van der Waals surface area contributed by atoms with Crippen LogP contribution >= 0.6 is 0 Å². The van der Waals surface area contributed by atoms with E-state index in [9.17, 15) is 4.79 Å². The molecule has 0 heterocycles. The van der Waals surface area contributed by atoms with Crippen LogP contribution in [0.25, 0.3) is 0 Å². The van der Waals surface area contributed by atoms with Gasteiger partial charge in [0.05, 0.1) is 0 Å². The van der Waals surface area contributed by atoms with Crippen LogP contribution < -0.4 is 0 Å². The summed E-state index contributed by atoms with van der Waals surface area (Å²) in [5.74, 6) is -0.203. The van der Waals surface area contributed by atoms with Crippen LogP contribution in [0.4, 0.5) is 0 Å². The summed E-state index contributed by atoms with van der Waals surface area (Å²) in [7, 11) is 0. The van der Waals surface area contributed by atoms with E-state index in [-0.39, 0.29) is 12.0 Å². The van der Waals surface area contributed by atoms with Crippen molar-refractivity contribution in [1.82, 2.24) is 4.90 Å². The summed E-state index contributed by atoms with van der Waals surface area (Å²) in [6, 6.07) is 29.9. The predicted molar refractivity (Wildman–Crippen MR) is 108 cm³/mol. The zero-order valence-electron chi connectivity index (χ0n) is 15.6. The quantitative estimate of drug-likeness (QED) is 0.540. The Morgan fingerprint density at radius 2 is 1.15 bits per heavy atom. The summed E-state index contributed by atoms with van der Waals surface area (Å²) in [6.07, 6.45) is 0. The molecule has 0 saturated carbocycles. The van der Waals surface area contributed by atoms with Crippen LogP contribution in [0.5, 0.6) is 0 Å². The number of rotatable bonds is 8. The van der Waals surface area contributed by atoms with Crippen LogP contribution in [0.3, 0.4) is 0 Å². The number of carbonyl (C=O) groups is 1. The Hall–Kier alpha value is -2.91. The molecule has 3 heteroatoms. The Bertz CT molecular complexity index is 777. The summed E-state index contributed by atoms with van der Waals surface area (Å²) < 4.78 is 5.57. The Balaban J connectivity index is 1.69. The van der Waals surface area contributed by atoms with Crippen molar-refractivity contribution in [1.29, 1.82) is 0 Å². The smallest absolute Gasteiger partial charge is 0.323 e. The maximum Gasteiger partial charge on any atom is 0.323 e. The monoisotopic (exact) mass is 359 g/mol. The SMILES string of the molecule is C[C@@H](C(=O)OCc1ccccc1)N(Cc1ccccc1)Cc1ccccc1. The second-order valence-electron chi connectivity index (χ2n) is 6.65. The molecule has 1 atom stereocenters. The van der Waals surface area contributed by atoms with E-state index in [1.165, 1.54) is 11.1 Å². The molecular formula is C24H25NO2. The molecule has 0 N–H and O–H groups in total. The van der Waals surface area contributed by atoms with Gasteiger partial charge in [0, 0.05) is 13.1 Å². The van der Waals surface area contributed by atoms with Crippen molar-refractivity contribution >= 4 is 5.97 Å². The number of carbonyl (C=O) groups excluding carboxylic acids is 1. The second-order valence-corrected chi connectivity index (χ2v) is 6.65. The largest absolute Gasteiger partial charge is 0.460 e. The van der Waals surface area contributed by atoms with Crippen LogP contribution in [0.2, 0.25) is 0 Å². The van der Waals surface area contributed by atoms with Gasteiger partial charge in [-0.3, -0.25) is 9.69 Å². The molecule has 0 aliphatic heterocycles. The van der Waals surface area contributed by atoms with Crippen molar-refractivity contribution < 1.29 is 9.53 Å². The first-order chi connectivity index (χ1) is 13.2. The molecule has 3 aromatic rings. The lowest BCUT2D eigenvalue weighted by Gasteiger charge is -2.28. The highest BCUT2D eigenvalue weighted by Crippen LogP contribution is 2.15. The van der Waals surface area contributed by atoms with Gasteiger partial charge in [0.15, 0.2) is 0 Å². The number of hydrogen-bond acceptors (Lipinski definition) is 3. The summed E-state index contributed by atoms with van der Waals surface area (Å²) in [5.41, 5.74) is 3.35. The zero-order chi connectivity index (χ0) is 18.9. The lowest BCUT2D eigenvalue weighted by molar-refractivity contribution is -0.151. The zero-order valence-corrected chi connectivity index (χ0v) is 15.6. The second kappa shape index (κ2) is 9.70. The van der Waals surface area contributed by atoms with E-state index < -0.39 is 0 Å². The van der Waals surface area contributed by atoms with Crippen molar-refractivity contribution in [3.05, 3.63) is 108 Å². The minimum absolute atomic E-state index is 0.203. The summed E-state index contributed by atoms with van der Waals surface area (Å²) in [5, 5.41) is 0. The van der Waals surface area contributed by atoms with Gasteiger partial charge in [0.2, 0.25) is 0 Å². The van der Waals surface area contributed by atoms with Crippen LogP contribution in [0.1, 0.15) is 23.6 Å². The molecule has 3 aromatic carbocycles. The van der Waals surface area contributed by atoms with Crippen LogP contribution in [0, 0.1) is 0 Å². The molecule has 0 saturated heterocycles. The molecule has 0 fully saturated rings. The number of benzene rings is 3. The average Bonchev–Trinajstić information content (AvgIpc) is 2.73. The Morgan fingerprint density at radius 3 is 1.59 bits per heavy atom. The summed E-state index contributed by atoms with van der Waals surface area (Å²) in [6.45, 7) is 3.60. The highest BCUT2D eigenvalue weighted by Gasteiger charge is 2.23. The molecule has 0 aliphatic rings. The van der Waals surface area contributed by atoms with Gasteiger partial charge < -0.3 is 4.74 Å². The van der Waals surface area contributed by atoms with E-state index >= 15 is 0 Å². The maximum absolute atomic E-state index is 12.7. The van der Waals surface area contributed by atoms with Crippen molar-refractivity contribution in [3.63, 3.8) is 0 Å².